The molecule has 2 saturated heterocycles. The van der Waals surface area contributed by atoms with Crippen molar-refractivity contribution in [3.8, 4) is 0 Å². The fraction of sp³-hybridized carbons (Fsp3) is 0.929. The van der Waals surface area contributed by atoms with Gasteiger partial charge in [0.25, 0.3) is 0 Å². The molecule has 2 rings (SSSR count). The van der Waals surface area contributed by atoms with Crippen molar-refractivity contribution in [1.29, 1.82) is 0 Å². The summed E-state index contributed by atoms with van der Waals surface area (Å²) in [5.74, 6) is 0.866. The minimum absolute atomic E-state index is 0.165. The van der Waals surface area contributed by atoms with Gasteiger partial charge < -0.3 is 10.6 Å². The Morgan fingerprint density at radius 2 is 2.06 bits per heavy atom. The molecule has 1 unspecified atom stereocenters. The number of amides is 1. The first-order chi connectivity index (χ1) is 8.68. The number of rotatable bonds is 4. The molecular weight excluding hydrogens is 226 g/mol. The van der Waals surface area contributed by atoms with Crippen molar-refractivity contribution >= 4 is 5.91 Å². The number of piperidine rings is 1. The standard InChI is InChI=1S/C14H27N3O/c1-11-8-15-10-13(11)14(18)16-9-12(2)17-6-4-3-5-7-17/h11-13,15H,3-10H2,1-2H3,(H,16,18)/t11-,12?,13-/m1/s1. The summed E-state index contributed by atoms with van der Waals surface area (Å²) in [7, 11) is 0. The second kappa shape index (κ2) is 6.53. The summed E-state index contributed by atoms with van der Waals surface area (Å²) < 4.78 is 0. The van der Waals surface area contributed by atoms with E-state index in [4.69, 9.17) is 0 Å². The highest BCUT2D eigenvalue weighted by Crippen LogP contribution is 2.16. The first kappa shape index (κ1) is 13.8. The first-order valence-electron chi connectivity index (χ1n) is 7.41. The topological polar surface area (TPSA) is 44.4 Å². The smallest absolute Gasteiger partial charge is 0.224 e. The van der Waals surface area contributed by atoms with Gasteiger partial charge in [-0.2, -0.15) is 0 Å². The molecule has 0 spiro atoms. The molecule has 2 heterocycles. The average molecular weight is 253 g/mol. The Kier molecular flexibility index (Phi) is 5.01. The quantitative estimate of drug-likeness (QED) is 0.780. The maximum atomic E-state index is 12.1. The largest absolute Gasteiger partial charge is 0.354 e. The van der Waals surface area contributed by atoms with Gasteiger partial charge >= 0.3 is 0 Å². The van der Waals surface area contributed by atoms with Gasteiger partial charge in [0, 0.05) is 19.1 Å². The SMILES string of the molecule is CC(CNC(=O)[C@@H]1CNC[C@H]1C)N1CCCCC1. The Morgan fingerprint density at radius 3 is 2.67 bits per heavy atom. The van der Waals surface area contributed by atoms with Crippen LogP contribution in [0, 0.1) is 11.8 Å². The Hall–Kier alpha value is -0.610. The summed E-state index contributed by atoms with van der Waals surface area (Å²) >= 11 is 0. The van der Waals surface area contributed by atoms with Crippen LogP contribution in [-0.4, -0.2) is 49.6 Å². The van der Waals surface area contributed by atoms with Crippen LogP contribution >= 0.6 is 0 Å². The predicted molar refractivity (Wildman–Crippen MR) is 73.4 cm³/mol. The summed E-state index contributed by atoms with van der Waals surface area (Å²) in [6.45, 7) is 9.37. The fourth-order valence-electron chi connectivity index (χ4n) is 3.03. The lowest BCUT2D eigenvalue weighted by Gasteiger charge is -2.32. The summed E-state index contributed by atoms with van der Waals surface area (Å²) in [5, 5.41) is 6.41. The first-order valence-corrected chi connectivity index (χ1v) is 7.41. The van der Waals surface area contributed by atoms with Crippen molar-refractivity contribution in [1.82, 2.24) is 15.5 Å². The van der Waals surface area contributed by atoms with Gasteiger partial charge in [-0.3, -0.25) is 9.69 Å². The summed E-state index contributed by atoms with van der Waals surface area (Å²) in [6.07, 6.45) is 3.98. The number of likely N-dealkylation sites (tertiary alicyclic amines) is 1. The molecule has 2 aliphatic rings. The molecule has 2 fully saturated rings. The van der Waals surface area contributed by atoms with Crippen LogP contribution in [-0.2, 0) is 4.79 Å². The van der Waals surface area contributed by atoms with Crippen molar-refractivity contribution in [3.63, 3.8) is 0 Å². The second-order valence-corrected chi connectivity index (χ2v) is 5.93. The van der Waals surface area contributed by atoms with Crippen molar-refractivity contribution in [2.75, 3.05) is 32.7 Å². The molecule has 0 bridgehead atoms. The molecule has 104 valence electrons. The van der Waals surface area contributed by atoms with Crippen LogP contribution in [0.3, 0.4) is 0 Å². The van der Waals surface area contributed by atoms with E-state index in [1.165, 1.54) is 32.4 Å². The van der Waals surface area contributed by atoms with E-state index in [0.717, 1.165) is 19.6 Å². The highest BCUT2D eigenvalue weighted by molar-refractivity contribution is 5.79. The Bertz CT molecular complexity index is 276. The fourth-order valence-corrected chi connectivity index (χ4v) is 3.03. The van der Waals surface area contributed by atoms with Gasteiger partial charge in [-0.25, -0.2) is 0 Å². The number of carbonyl (C=O) groups is 1. The molecule has 4 nitrogen and oxygen atoms in total. The minimum atomic E-state index is 0.165. The molecular formula is C14H27N3O. The lowest BCUT2D eigenvalue weighted by atomic mass is 9.97. The van der Waals surface area contributed by atoms with Crippen molar-refractivity contribution in [2.45, 2.75) is 39.2 Å². The molecule has 0 aromatic carbocycles. The number of hydrogen-bond acceptors (Lipinski definition) is 3. The third-order valence-corrected chi connectivity index (χ3v) is 4.44. The lowest BCUT2D eigenvalue weighted by molar-refractivity contribution is -0.125. The highest BCUT2D eigenvalue weighted by Gasteiger charge is 2.29. The molecule has 18 heavy (non-hydrogen) atoms. The van der Waals surface area contributed by atoms with E-state index in [-0.39, 0.29) is 11.8 Å². The molecule has 0 aliphatic carbocycles. The van der Waals surface area contributed by atoms with Gasteiger partial charge in [0.15, 0.2) is 0 Å². The van der Waals surface area contributed by atoms with Crippen molar-refractivity contribution < 1.29 is 4.79 Å². The van der Waals surface area contributed by atoms with Crippen LogP contribution in [0.5, 0.6) is 0 Å². The molecule has 0 saturated carbocycles. The van der Waals surface area contributed by atoms with E-state index in [0.29, 0.717) is 12.0 Å². The van der Waals surface area contributed by atoms with E-state index in [1.807, 2.05) is 0 Å². The zero-order valence-electron chi connectivity index (χ0n) is 11.7. The Labute approximate surface area is 110 Å². The van der Waals surface area contributed by atoms with E-state index >= 15 is 0 Å². The summed E-state index contributed by atoms with van der Waals surface area (Å²) in [4.78, 5) is 14.6. The zero-order valence-corrected chi connectivity index (χ0v) is 11.7. The van der Waals surface area contributed by atoms with E-state index in [1.54, 1.807) is 0 Å². The average Bonchev–Trinajstić information content (AvgIpc) is 2.83. The van der Waals surface area contributed by atoms with Gasteiger partial charge in [-0.1, -0.05) is 13.3 Å². The van der Waals surface area contributed by atoms with E-state index < -0.39 is 0 Å². The van der Waals surface area contributed by atoms with E-state index in [2.05, 4.69) is 29.4 Å². The van der Waals surface area contributed by atoms with E-state index in [9.17, 15) is 4.79 Å². The number of nitrogens with zero attached hydrogens (tertiary/aromatic N) is 1. The molecule has 0 aromatic rings. The minimum Gasteiger partial charge on any atom is -0.354 e. The number of nitrogens with one attached hydrogen (secondary N) is 2. The predicted octanol–water partition coefficient (Wildman–Crippen LogP) is 0.833. The molecule has 0 radical (unpaired) electrons. The van der Waals surface area contributed by atoms with Gasteiger partial charge in [-0.05, 0) is 45.3 Å². The van der Waals surface area contributed by atoms with Gasteiger partial charge in [0.2, 0.25) is 5.91 Å². The van der Waals surface area contributed by atoms with Crippen LogP contribution in [0.15, 0.2) is 0 Å². The zero-order chi connectivity index (χ0) is 13.0. The number of hydrogen-bond donors (Lipinski definition) is 2. The third-order valence-electron chi connectivity index (χ3n) is 4.44. The normalized spacial score (nSPS) is 31.2. The second-order valence-electron chi connectivity index (χ2n) is 5.93. The lowest BCUT2D eigenvalue weighted by Crippen LogP contribution is -2.46. The van der Waals surface area contributed by atoms with Crippen LogP contribution in [0.2, 0.25) is 0 Å². The molecule has 2 aliphatic heterocycles. The highest BCUT2D eigenvalue weighted by atomic mass is 16.1. The molecule has 3 atom stereocenters. The van der Waals surface area contributed by atoms with Crippen LogP contribution in [0.25, 0.3) is 0 Å². The Balaban J connectivity index is 1.71. The molecule has 0 aromatic heterocycles. The third kappa shape index (κ3) is 3.45. The number of carbonyl (C=O) groups excluding carboxylic acids is 1. The van der Waals surface area contributed by atoms with Gasteiger partial charge in [0.1, 0.15) is 0 Å². The van der Waals surface area contributed by atoms with Gasteiger partial charge in [-0.15, -0.1) is 0 Å². The van der Waals surface area contributed by atoms with Crippen molar-refractivity contribution in [3.05, 3.63) is 0 Å². The maximum Gasteiger partial charge on any atom is 0.224 e. The molecule has 4 heteroatoms. The summed E-state index contributed by atoms with van der Waals surface area (Å²) in [5.41, 5.74) is 0. The monoisotopic (exact) mass is 253 g/mol. The Morgan fingerprint density at radius 1 is 1.33 bits per heavy atom. The van der Waals surface area contributed by atoms with Crippen LogP contribution < -0.4 is 10.6 Å². The maximum absolute atomic E-state index is 12.1. The van der Waals surface area contributed by atoms with Crippen molar-refractivity contribution in [2.24, 2.45) is 11.8 Å². The van der Waals surface area contributed by atoms with Crippen LogP contribution in [0.4, 0.5) is 0 Å². The van der Waals surface area contributed by atoms with Crippen LogP contribution in [0.1, 0.15) is 33.1 Å². The molecule has 1 amide bonds. The molecule has 2 N–H and O–H groups in total. The van der Waals surface area contributed by atoms with Gasteiger partial charge in [0.05, 0.1) is 5.92 Å². The summed E-state index contributed by atoms with van der Waals surface area (Å²) in [6, 6.07) is 0.471.